The second kappa shape index (κ2) is 20.3. The van der Waals surface area contributed by atoms with Crippen molar-refractivity contribution in [3.63, 3.8) is 0 Å². The van der Waals surface area contributed by atoms with E-state index in [1.807, 2.05) is 65.7 Å². The molecule has 0 spiro atoms. The van der Waals surface area contributed by atoms with Crippen molar-refractivity contribution in [2.45, 2.75) is 77.3 Å². The maximum Gasteiger partial charge on any atom is 0.323 e. The molecule has 12 nitrogen and oxygen atoms in total. The summed E-state index contributed by atoms with van der Waals surface area (Å²) in [5.74, 6) is -0.284. The van der Waals surface area contributed by atoms with Gasteiger partial charge in [-0.2, -0.15) is 16.8 Å². The van der Waals surface area contributed by atoms with Gasteiger partial charge in [-0.3, -0.25) is 28.5 Å². The summed E-state index contributed by atoms with van der Waals surface area (Å²) in [5, 5.41) is 0.0465. The van der Waals surface area contributed by atoms with E-state index >= 15 is 0 Å². The average Bonchev–Trinajstić information content (AvgIpc) is 2.88. The van der Waals surface area contributed by atoms with Crippen LogP contribution in [0.5, 0.6) is 0 Å². The molecule has 2 unspecified atom stereocenters. The Bertz CT molecular complexity index is 1210. The molecule has 0 aromatic heterocycles. The van der Waals surface area contributed by atoms with Crippen molar-refractivity contribution < 1.29 is 45.0 Å². The van der Waals surface area contributed by atoms with Crippen molar-refractivity contribution >= 4 is 42.9 Å². The largest absolute Gasteiger partial charge is 0.465 e. The van der Waals surface area contributed by atoms with Crippen LogP contribution in [0.1, 0.15) is 55.4 Å². The second-order valence-electron chi connectivity index (χ2n) is 9.17. The maximum atomic E-state index is 11.2. The molecule has 2 rings (SSSR count). The van der Waals surface area contributed by atoms with Crippen molar-refractivity contribution in [3.05, 3.63) is 36.4 Å². The lowest BCUT2D eigenvalue weighted by Crippen LogP contribution is -2.34. The van der Waals surface area contributed by atoms with Crippen LogP contribution < -0.4 is 0 Å². The van der Waals surface area contributed by atoms with Gasteiger partial charge in [0, 0.05) is 10.8 Å². The van der Waals surface area contributed by atoms with Gasteiger partial charge in [0.05, 0.1) is 13.2 Å². The molecule has 0 saturated heterocycles. The summed E-state index contributed by atoms with van der Waals surface area (Å²) in [6.07, 6.45) is 1.76. The Morgan fingerprint density at radius 1 is 0.690 bits per heavy atom. The van der Waals surface area contributed by atoms with E-state index in [0.29, 0.717) is 13.2 Å². The van der Waals surface area contributed by atoms with E-state index in [1.165, 1.54) is 24.3 Å². The molecule has 0 heterocycles. The number of rotatable bonds is 10. The summed E-state index contributed by atoms with van der Waals surface area (Å²) in [4.78, 5) is 25.0. The van der Waals surface area contributed by atoms with Gasteiger partial charge in [0.1, 0.15) is 21.9 Å². The number of fused-ring (bicyclic) bond motifs is 1. The van der Waals surface area contributed by atoms with Crippen LogP contribution in [0.3, 0.4) is 0 Å². The Labute approximate surface area is 252 Å². The molecule has 0 bridgehead atoms. The summed E-state index contributed by atoms with van der Waals surface area (Å²) in [6.45, 7) is 8.67. The van der Waals surface area contributed by atoms with Crippen LogP contribution in [0.4, 0.5) is 0 Å². The molecule has 0 aliphatic carbocycles. The molecule has 2 N–H and O–H groups in total. The highest BCUT2D eigenvalue weighted by atomic mass is 32.2. The number of hydrogen-bond acceptors (Lipinski definition) is 10. The van der Waals surface area contributed by atoms with Gasteiger partial charge >= 0.3 is 11.9 Å². The van der Waals surface area contributed by atoms with Crippen molar-refractivity contribution in [2.24, 2.45) is 0 Å². The van der Waals surface area contributed by atoms with Gasteiger partial charge in [0.2, 0.25) is 0 Å². The zero-order valence-electron chi connectivity index (χ0n) is 24.3. The molecular formula is C28H50N2O10S2. The summed E-state index contributed by atoms with van der Waals surface area (Å²) in [6, 6.07) is 7.25. The Morgan fingerprint density at radius 2 is 0.976 bits per heavy atom. The van der Waals surface area contributed by atoms with E-state index < -0.39 is 30.0 Å². The van der Waals surface area contributed by atoms with Gasteiger partial charge in [-0.1, -0.05) is 53.0 Å². The second-order valence-corrected chi connectivity index (χ2v) is 12.0. The number of hydrogen-bond donors (Lipinski definition) is 2. The van der Waals surface area contributed by atoms with Crippen molar-refractivity contribution in [1.29, 1.82) is 0 Å². The standard InChI is InChI=1S/C10H8O6S2.2C8H17NO2.2CH4/c11-17(12,13)9-5-1-3-7-8(9)4-2-6-10(7)18(14,15)16;2*1-5-6-11-8(10)7(2)9(3)4;;/h1-6H,(H,11,12,13)(H,14,15,16);2*7H,5-6H2,1-4H3;2*1H4. The first-order valence-corrected chi connectivity index (χ1v) is 15.4. The predicted octanol–water partition coefficient (Wildman–Crippen LogP) is 4.38. The van der Waals surface area contributed by atoms with E-state index in [9.17, 15) is 26.4 Å². The fourth-order valence-electron chi connectivity index (χ4n) is 2.77. The lowest BCUT2D eigenvalue weighted by Gasteiger charge is -2.17. The molecule has 0 amide bonds. The minimum Gasteiger partial charge on any atom is -0.465 e. The van der Waals surface area contributed by atoms with Crippen LogP contribution in [0.15, 0.2) is 46.2 Å². The van der Waals surface area contributed by atoms with Crippen molar-refractivity contribution in [1.82, 2.24) is 9.80 Å². The fraction of sp³-hybridized carbons (Fsp3) is 0.571. The number of likely N-dealkylation sites (N-methyl/N-ethyl adjacent to an activating group) is 2. The molecule has 0 saturated carbocycles. The third-order valence-corrected chi connectivity index (χ3v) is 7.35. The Balaban J connectivity index is -0.000000560. The SMILES string of the molecule is C.C.CCCOC(=O)C(C)N(C)C.CCCOC(=O)C(C)N(C)C.O=S(=O)(O)c1cccc2c(S(=O)(=O)O)cccc12. The zero-order valence-corrected chi connectivity index (χ0v) is 26.0. The summed E-state index contributed by atoms with van der Waals surface area (Å²) < 4.78 is 72.6. The van der Waals surface area contributed by atoms with E-state index in [1.54, 1.807) is 0 Å². The smallest absolute Gasteiger partial charge is 0.323 e. The minimum absolute atomic E-state index is 0. The summed E-state index contributed by atoms with van der Waals surface area (Å²) in [5.41, 5.74) is 0. The minimum atomic E-state index is -4.47. The number of ether oxygens (including phenoxy) is 2. The maximum absolute atomic E-state index is 11.2. The van der Waals surface area contributed by atoms with E-state index in [0.717, 1.165) is 25.0 Å². The third kappa shape index (κ3) is 15.0. The zero-order chi connectivity index (χ0) is 31.3. The summed E-state index contributed by atoms with van der Waals surface area (Å²) >= 11 is 0. The van der Waals surface area contributed by atoms with Gasteiger partial charge in [-0.15, -0.1) is 0 Å². The van der Waals surface area contributed by atoms with Gasteiger partial charge in [0.25, 0.3) is 20.2 Å². The number of carbonyl (C=O) groups is 2. The van der Waals surface area contributed by atoms with Gasteiger partial charge in [-0.05, 0) is 67.0 Å². The van der Waals surface area contributed by atoms with Crippen molar-refractivity contribution in [2.75, 3.05) is 41.4 Å². The Hall–Kier alpha value is -2.62. The monoisotopic (exact) mass is 638 g/mol. The highest BCUT2D eigenvalue weighted by Gasteiger charge is 2.19. The Kier molecular flexibility index (Phi) is 21.2. The molecule has 2 aromatic carbocycles. The molecule has 0 aliphatic heterocycles. The topological polar surface area (TPSA) is 168 Å². The molecular weight excluding hydrogens is 588 g/mol. The highest BCUT2D eigenvalue weighted by Crippen LogP contribution is 2.28. The molecule has 0 radical (unpaired) electrons. The lowest BCUT2D eigenvalue weighted by molar-refractivity contribution is -0.149. The normalized spacial score (nSPS) is 12.4. The number of esters is 2. The Morgan fingerprint density at radius 3 is 1.19 bits per heavy atom. The average molecular weight is 639 g/mol. The molecule has 2 atom stereocenters. The van der Waals surface area contributed by atoms with Crippen LogP contribution in [-0.2, 0) is 39.3 Å². The lowest BCUT2D eigenvalue weighted by atomic mass is 10.1. The van der Waals surface area contributed by atoms with Gasteiger partial charge in [-0.25, -0.2) is 0 Å². The van der Waals surface area contributed by atoms with Crippen LogP contribution in [0.2, 0.25) is 0 Å². The van der Waals surface area contributed by atoms with Crippen LogP contribution in [0.25, 0.3) is 10.8 Å². The van der Waals surface area contributed by atoms with E-state index in [4.69, 9.17) is 18.6 Å². The molecule has 14 heteroatoms. The van der Waals surface area contributed by atoms with Crippen molar-refractivity contribution in [3.8, 4) is 0 Å². The highest BCUT2D eigenvalue weighted by molar-refractivity contribution is 7.86. The number of carbonyl (C=O) groups excluding carboxylic acids is 2. The number of benzene rings is 2. The van der Waals surface area contributed by atoms with Gasteiger partial charge in [0.15, 0.2) is 0 Å². The first kappa shape index (κ1) is 43.8. The molecule has 0 aliphatic rings. The van der Waals surface area contributed by atoms with Crippen LogP contribution >= 0.6 is 0 Å². The van der Waals surface area contributed by atoms with E-state index in [2.05, 4.69) is 0 Å². The van der Waals surface area contributed by atoms with Crippen LogP contribution in [-0.4, -0.2) is 101 Å². The van der Waals surface area contributed by atoms with E-state index in [-0.39, 0.29) is 49.6 Å². The summed E-state index contributed by atoms with van der Waals surface area (Å²) in [7, 11) is -1.50. The molecule has 42 heavy (non-hydrogen) atoms. The molecule has 0 fully saturated rings. The number of nitrogens with zero attached hydrogens (tertiary/aromatic N) is 2. The quantitative estimate of drug-likeness (QED) is 0.279. The third-order valence-electron chi connectivity index (χ3n) is 5.53. The first-order valence-electron chi connectivity index (χ1n) is 12.5. The molecule has 244 valence electrons. The first-order chi connectivity index (χ1) is 18.4. The molecule has 2 aromatic rings. The van der Waals surface area contributed by atoms with Crippen LogP contribution in [0, 0.1) is 0 Å². The fourth-order valence-corrected chi connectivity index (χ4v) is 4.18. The predicted molar refractivity (Wildman–Crippen MR) is 166 cm³/mol. The van der Waals surface area contributed by atoms with Gasteiger partial charge < -0.3 is 9.47 Å².